The van der Waals surface area contributed by atoms with E-state index in [1.165, 1.54) is 12.8 Å². The average Bonchev–Trinajstić information content (AvgIpc) is 3.04. The molecular weight excluding hydrogens is 384 g/mol. The zero-order chi connectivity index (χ0) is 19.5. The first-order valence-corrected chi connectivity index (χ1v) is 11.1. The highest BCUT2D eigenvalue weighted by Crippen LogP contribution is 2.45. The summed E-state index contributed by atoms with van der Waals surface area (Å²) in [4.78, 5) is 10.1. The Morgan fingerprint density at radius 3 is 2.57 bits per heavy atom. The molecule has 0 aliphatic carbocycles. The minimum Gasteiger partial charge on any atom is -0.397 e. The number of thioether (sulfide) groups is 1. The van der Waals surface area contributed by atoms with Crippen LogP contribution in [0.3, 0.4) is 0 Å². The molecule has 6 heteroatoms. The van der Waals surface area contributed by atoms with E-state index in [9.17, 15) is 0 Å². The number of hydrogen-bond acceptors (Lipinski definition) is 6. The minimum atomic E-state index is 0.503. The van der Waals surface area contributed by atoms with E-state index in [1.807, 2.05) is 36.0 Å². The van der Waals surface area contributed by atoms with Crippen molar-refractivity contribution in [3.8, 4) is 22.4 Å². The summed E-state index contributed by atoms with van der Waals surface area (Å²) in [6.07, 6.45) is 4.13. The third-order valence-electron chi connectivity index (χ3n) is 4.56. The topological polar surface area (TPSA) is 77.8 Å². The van der Waals surface area contributed by atoms with Gasteiger partial charge in [-0.3, -0.25) is 0 Å². The number of rotatable bonds is 6. The van der Waals surface area contributed by atoms with Crippen molar-refractivity contribution in [1.82, 2.24) is 9.97 Å². The number of unbranched alkanes of at least 4 members (excludes halogenated alkanes) is 1. The van der Waals surface area contributed by atoms with Crippen LogP contribution in [0, 0.1) is 0 Å². The van der Waals surface area contributed by atoms with Crippen molar-refractivity contribution < 1.29 is 0 Å². The van der Waals surface area contributed by atoms with Crippen molar-refractivity contribution in [2.24, 2.45) is 0 Å². The molecule has 0 unspecified atom stereocenters. The fraction of sp³-hybridized carbons (Fsp3) is 0.182. The second kappa shape index (κ2) is 8.20. The molecule has 0 saturated heterocycles. The average molecular weight is 407 g/mol. The van der Waals surface area contributed by atoms with Gasteiger partial charge in [-0.2, -0.15) is 0 Å². The quantitative estimate of drug-likeness (QED) is 0.300. The third kappa shape index (κ3) is 3.70. The van der Waals surface area contributed by atoms with Crippen LogP contribution in [0.25, 0.3) is 32.6 Å². The Morgan fingerprint density at radius 1 is 1.04 bits per heavy atom. The summed E-state index contributed by atoms with van der Waals surface area (Å²) in [7, 11) is 0. The number of pyridine rings is 2. The maximum atomic E-state index is 6.59. The molecule has 0 aliphatic heterocycles. The number of anilines is 2. The van der Waals surface area contributed by atoms with Gasteiger partial charge in [0, 0.05) is 17.1 Å². The Bertz CT molecular complexity index is 1090. The Morgan fingerprint density at radius 2 is 1.86 bits per heavy atom. The van der Waals surface area contributed by atoms with E-state index in [4.69, 9.17) is 16.5 Å². The van der Waals surface area contributed by atoms with E-state index in [0.29, 0.717) is 5.82 Å². The van der Waals surface area contributed by atoms with Crippen LogP contribution in [-0.4, -0.2) is 15.7 Å². The van der Waals surface area contributed by atoms with Gasteiger partial charge in [-0.25, -0.2) is 9.97 Å². The number of hydrogen-bond donors (Lipinski definition) is 2. The molecule has 0 aliphatic rings. The molecule has 4 rings (SSSR count). The number of thiophene rings is 1. The van der Waals surface area contributed by atoms with Gasteiger partial charge >= 0.3 is 0 Å². The second-order valence-electron chi connectivity index (χ2n) is 6.58. The van der Waals surface area contributed by atoms with Crippen LogP contribution in [0.5, 0.6) is 0 Å². The van der Waals surface area contributed by atoms with E-state index in [-0.39, 0.29) is 0 Å². The molecule has 1 aromatic carbocycles. The molecule has 4 N–H and O–H groups in total. The van der Waals surface area contributed by atoms with Crippen molar-refractivity contribution in [3.05, 3.63) is 54.7 Å². The normalized spacial score (nSPS) is 11.2. The van der Waals surface area contributed by atoms with Gasteiger partial charge in [0.05, 0.1) is 15.6 Å². The predicted molar refractivity (Wildman–Crippen MR) is 123 cm³/mol. The highest BCUT2D eigenvalue weighted by Gasteiger charge is 2.18. The first-order valence-electron chi connectivity index (χ1n) is 9.30. The predicted octanol–water partition coefficient (Wildman–Crippen LogP) is 6.08. The molecule has 0 radical (unpaired) electrons. The Balaban J connectivity index is 1.90. The summed E-state index contributed by atoms with van der Waals surface area (Å²) in [5, 5.41) is 1.04. The molecule has 0 saturated carbocycles. The maximum Gasteiger partial charge on any atom is 0.127 e. The summed E-state index contributed by atoms with van der Waals surface area (Å²) in [6.45, 7) is 2.21. The van der Waals surface area contributed by atoms with Crippen LogP contribution in [0.2, 0.25) is 0 Å². The van der Waals surface area contributed by atoms with Crippen molar-refractivity contribution in [2.75, 3.05) is 17.2 Å². The lowest BCUT2D eigenvalue weighted by molar-refractivity contribution is 0.897. The number of aromatic nitrogens is 2. The SMILES string of the molecule is CCCCSc1sc2nc(-c3ccc(N)nc3)cc(-c3ccccc3)c2c1N. The van der Waals surface area contributed by atoms with E-state index in [1.54, 1.807) is 23.6 Å². The summed E-state index contributed by atoms with van der Waals surface area (Å²) >= 11 is 3.51. The molecule has 0 amide bonds. The highest BCUT2D eigenvalue weighted by molar-refractivity contribution is 8.01. The summed E-state index contributed by atoms with van der Waals surface area (Å²) < 4.78 is 1.15. The number of benzene rings is 1. The monoisotopic (exact) mass is 406 g/mol. The van der Waals surface area contributed by atoms with Crippen molar-refractivity contribution in [3.63, 3.8) is 0 Å². The molecule has 4 aromatic rings. The van der Waals surface area contributed by atoms with Crippen molar-refractivity contribution in [2.45, 2.75) is 24.0 Å². The van der Waals surface area contributed by atoms with Gasteiger partial charge < -0.3 is 11.5 Å². The first-order chi connectivity index (χ1) is 13.7. The fourth-order valence-electron chi connectivity index (χ4n) is 3.07. The zero-order valence-electron chi connectivity index (χ0n) is 15.7. The molecule has 142 valence electrons. The summed E-state index contributed by atoms with van der Waals surface area (Å²) in [5.74, 6) is 1.58. The Kier molecular flexibility index (Phi) is 5.50. The molecular formula is C22H22N4S2. The van der Waals surface area contributed by atoms with Crippen LogP contribution in [-0.2, 0) is 0 Å². The Hall–Kier alpha value is -2.57. The Labute approximate surface area is 173 Å². The van der Waals surface area contributed by atoms with Crippen LogP contribution < -0.4 is 11.5 Å². The molecule has 0 atom stereocenters. The number of nitrogens with two attached hydrogens (primary N) is 2. The molecule has 4 nitrogen and oxygen atoms in total. The third-order valence-corrected chi connectivity index (χ3v) is 7.04. The largest absolute Gasteiger partial charge is 0.397 e. The van der Waals surface area contributed by atoms with E-state index < -0.39 is 0 Å². The number of nitrogens with zero attached hydrogens (tertiary/aromatic N) is 2. The lowest BCUT2D eigenvalue weighted by atomic mass is 10.0. The maximum absolute atomic E-state index is 6.59. The number of fused-ring (bicyclic) bond motifs is 1. The van der Waals surface area contributed by atoms with Gasteiger partial charge in [0.15, 0.2) is 0 Å². The van der Waals surface area contributed by atoms with E-state index in [2.05, 4.69) is 30.1 Å². The molecule has 0 fully saturated rings. The van der Waals surface area contributed by atoms with Crippen molar-refractivity contribution in [1.29, 1.82) is 0 Å². The van der Waals surface area contributed by atoms with Gasteiger partial charge in [-0.05, 0) is 41.5 Å². The van der Waals surface area contributed by atoms with Gasteiger partial charge in [0.25, 0.3) is 0 Å². The summed E-state index contributed by atoms with van der Waals surface area (Å²) in [6, 6.07) is 16.2. The standard InChI is InChI=1S/C22H22N4S2/c1-2-3-11-27-22-20(24)19-16(14-7-5-4-6-8-14)12-17(26-21(19)28-22)15-9-10-18(23)25-13-15/h4-10,12-13H,2-3,11,24H2,1H3,(H2,23,25). The second-order valence-corrected chi connectivity index (χ2v) is 8.94. The number of nitrogen functional groups attached to an aromatic ring is 2. The fourth-order valence-corrected chi connectivity index (χ4v) is 5.52. The van der Waals surface area contributed by atoms with Gasteiger partial charge in [0.2, 0.25) is 0 Å². The smallest absolute Gasteiger partial charge is 0.127 e. The zero-order valence-corrected chi connectivity index (χ0v) is 17.3. The van der Waals surface area contributed by atoms with E-state index >= 15 is 0 Å². The summed E-state index contributed by atoms with van der Waals surface area (Å²) in [5.41, 5.74) is 17.2. The van der Waals surface area contributed by atoms with Crippen LogP contribution >= 0.6 is 23.1 Å². The van der Waals surface area contributed by atoms with Gasteiger partial charge in [0.1, 0.15) is 10.6 Å². The first kappa shape index (κ1) is 18.8. The lowest BCUT2D eigenvalue weighted by Gasteiger charge is -2.09. The molecule has 0 bridgehead atoms. The van der Waals surface area contributed by atoms with Crippen LogP contribution in [0.15, 0.2) is 58.9 Å². The molecule has 3 heterocycles. The van der Waals surface area contributed by atoms with Gasteiger partial charge in [-0.1, -0.05) is 43.7 Å². The lowest BCUT2D eigenvalue weighted by Crippen LogP contribution is -1.93. The minimum absolute atomic E-state index is 0.503. The highest BCUT2D eigenvalue weighted by atomic mass is 32.2. The molecule has 28 heavy (non-hydrogen) atoms. The molecule has 0 spiro atoms. The van der Waals surface area contributed by atoms with E-state index in [0.717, 1.165) is 48.3 Å². The molecule has 3 aromatic heterocycles. The van der Waals surface area contributed by atoms with Crippen LogP contribution in [0.4, 0.5) is 11.5 Å². The van der Waals surface area contributed by atoms with Crippen molar-refractivity contribution >= 4 is 44.8 Å². The van der Waals surface area contributed by atoms with Gasteiger partial charge in [-0.15, -0.1) is 23.1 Å². The van der Waals surface area contributed by atoms with Crippen LogP contribution in [0.1, 0.15) is 19.8 Å².